The number of anilines is 2. The van der Waals surface area contributed by atoms with Gasteiger partial charge in [0.2, 0.25) is 5.91 Å². The van der Waals surface area contributed by atoms with Gasteiger partial charge in [0, 0.05) is 32.1 Å². The third kappa shape index (κ3) is 9.19. The Bertz CT molecular complexity index is 1910. The molecule has 0 radical (unpaired) electrons. The summed E-state index contributed by atoms with van der Waals surface area (Å²) in [6, 6.07) is 31.2. The minimum absolute atomic E-state index is 0.0987. The maximum absolute atomic E-state index is 13.6. The predicted octanol–water partition coefficient (Wildman–Crippen LogP) is 9.12. The second-order valence-corrected chi connectivity index (χ2v) is 13.6. The zero-order valence-corrected chi connectivity index (χ0v) is 28.4. The number of rotatable bonds is 11. The molecule has 4 aromatic carbocycles. The van der Waals surface area contributed by atoms with Gasteiger partial charge in [-0.25, -0.2) is 4.98 Å². The van der Waals surface area contributed by atoms with Crippen LogP contribution in [-0.2, 0) is 9.59 Å². The van der Waals surface area contributed by atoms with E-state index in [4.69, 9.17) is 11.6 Å². The molecule has 5 rings (SSSR count). The normalized spacial score (nSPS) is 12.0. The van der Waals surface area contributed by atoms with Crippen molar-refractivity contribution >= 4 is 69.3 Å². The quantitative estimate of drug-likeness (QED) is 0.0955. The largest absolute Gasteiger partial charge is 0.321 e. The molecule has 7 nitrogen and oxygen atoms in total. The van der Waals surface area contributed by atoms with E-state index < -0.39 is 17.1 Å². The van der Waals surface area contributed by atoms with E-state index in [1.807, 2.05) is 60.0 Å². The van der Waals surface area contributed by atoms with Gasteiger partial charge < -0.3 is 16.0 Å². The summed E-state index contributed by atoms with van der Waals surface area (Å²) in [5.41, 5.74) is 4.50. The van der Waals surface area contributed by atoms with Crippen molar-refractivity contribution in [2.75, 3.05) is 10.6 Å². The van der Waals surface area contributed by atoms with Gasteiger partial charge in [-0.15, -0.1) is 23.1 Å². The number of thiazole rings is 1. The molecule has 0 saturated carbocycles. The van der Waals surface area contributed by atoms with Gasteiger partial charge in [0.15, 0.2) is 5.13 Å². The number of hydrogen-bond donors (Lipinski definition) is 3. The lowest BCUT2D eigenvalue weighted by Crippen LogP contribution is -2.30. The smallest absolute Gasteiger partial charge is 0.272 e. The van der Waals surface area contributed by atoms with Gasteiger partial charge in [0.1, 0.15) is 5.70 Å². The Balaban J connectivity index is 1.27. The molecule has 1 aromatic heterocycles. The van der Waals surface area contributed by atoms with Gasteiger partial charge in [-0.1, -0.05) is 92.2 Å². The summed E-state index contributed by atoms with van der Waals surface area (Å²) in [4.78, 5) is 44.9. The third-order valence-electron chi connectivity index (χ3n) is 7.10. The van der Waals surface area contributed by atoms with Gasteiger partial charge in [0.25, 0.3) is 11.8 Å². The van der Waals surface area contributed by atoms with Crippen molar-refractivity contribution in [2.24, 2.45) is 0 Å². The number of aromatic nitrogens is 1. The van der Waals surface area contributed by atoms with E-state index in [1.165, 1.54) is 28.7 Å². The summed E-state index contributed by atoms with van der Waals surface area (Å²) in [7, 11) is 0. The highest BCUT2D eigenvalue weighted by atomic mass is 35.5. The SMILES string of the molecule is CC(Sc1cccc(NC(=O)/C(=C\c2ccc(C(C)C)cc2)NC(=O)c2ccccc2)c1)C(=O)Nc1nc(-c2ccccc2Cl)cs1. The number of hydrogen-bond acceptors (Lipinski definition) is 6. The summed E-state index contributed by atoms with van der Waals surface area (Å²) in [6.07, 6.45) is 1.65. The van der Waals surface area contributed by atoms with E-state index in [-0.39, 0.29) is 11.6 Å². The Hall–Kier alpha value is -4.70. The molecule has 5 aromatic rings. The van der Waals surface area contributed by atoms with E-state index in [0.29, 0.717) is 33.0 Å². The van der Waals surface area contributed by atoms with E-state index in [2.05, 4.69) is 34.8 Å². The second kappa shape index (κ2) is 15.7. The molecule has 1 unspecified atom stereocenters. The first kappa shape index (κ1) is 33.7. The van der Waals surface area contributed by atoms with Crippen molar-refractivity contribution in [3.63, 3.8) is 0 Å². The van der Waals surface area contributed by atoms with Crippen LogP contribution in [0.2, 0.25) is 5.02 Å². The van der Waals surface area contributed by atoms with E-state index in [9.17, 15) is 14.4 Å². The topological polar surface area (TPSA) is 100 Å². The number of benzene rings is 4. The zero-order valence-electron chi connectivity index (χ0n) is 26.0. The molecule has 10 heteroatoms. The molecule has 0 saturated heterocycles. The molecule has 0 fully saturated rings. The van der Waals surface area contributed by atoms with E-state index >= 15 is 0 Å². The number of carbonyl (C=O) groups is 3. The Morgan fingerprint density at radius 3 is 2.30 bits per heavy atom. The number of thioether (sulfide) groups is 1. The van der Waals surface area contributed by atoms with Crippen LogP contribution in [0.1, 0.15) is 48.2 Å². The molecule has 0 aliphatic heterocycles. The fraction of sp³-hybridized carbons (Fsp3) is 0.135. The lowest BCUT2D eigenvalue weighted by atomic mass is 10.0. The van der Waals surface area contributed by atoms with Crippen LogP contribution in [0, 0.1) is 0 Å². The van der Waals surface area contributed by atoms with Gasteiger partial charge in [-0.3, -0.25) is 14.4 Å². The van der Waals surface area contributed by atoms with Crippen LogP contribution in [0.3, 0.4) is 0 Å². The lowest BCUT2D eigenvalue weighted by molar-refractivity contribution is -0.115. The summed E-state index contributed by atoms with van der Waals surface area (Å²) in [6.45, 7) is 6.03. The monoisotopic (exact) mass is 680 g/mol. The molecule has 0 aliphatic carbocycles. The number of amides is 3. The van der Waals surface area contributed by atoms with Crippen molar-refractivity contribution in [1.82, 2.24) is 10.3 Å². The fourth-order valence-electron chi connectivity index (χ4n) is 4.52. The standard InChI is InChI=1S/C37H33ClN4O3S2/c1-23(2)26-18-16-25(17-19-26)20-32(40-35(44)27-10-5-4-6-11-27)36(45)39-28-12-9-13-29(21-28)47-24(3)34(43)42-37-41-33(22-46-37)30-14-7-8-15-31(30)38/h4-24H,1-3H3,(H,39,45)(H,40,44)(H,41,42,43)/b32-20+. The molecule has 3 N–H and O–H groups in total. The molecular weight excluding hydrogens is 648 g/mol. The summed E-state index contributed by atoms with van der Waals surface area (Å²) in [5, 5.41) is 11.0. The van der Waals surface area contributed by atoms with Crippen molar-refractivity contribution in [3.8, 4) is 11.3 Å². The number of halogens is 1. The molecular formula is C37H33ClN4O3S2. The van der Waals surface area contributed by atoms with Crippen molar-refractivity contribution in [1.29, 1.82) is 0 Å². The molecule has 1 heterocycles. The average Bonchev–Trinajstić information content (AvgIpc) is 3.53. The summed E-state index contributed by atoms with van der Waals surface area (Å²) >= 11 is 8.98. The molecule has 3 amide bonds. The minimum Gasteiger partial charge on any atom is -0.321 e. The first-order valence-electron chi connectivity index (χ1n) is 14.9. The molecule has 1 atom stereocenters. The molecule has 0 aliphatic rings. The maximum atomic E-state index is 13.6. The highest BCUT2D eigenvalue weighted by molar-refractivity contribution is 8.00. The number of nitrogens with zero attached hydrogens (tertiary/aromatic N) is 1. The number of carbonyl (C=O) groups excluding carboxylic acids is 3. The Labute approximate surface area is 287 Å². The van der Waals surface area contributed by atoms with Crippen LogP contribution < -0.4 is 16.0 Å². The highest BCUT2D eigenvalue weighted by Gasteiger charge is 2.19. The summed E-state index contributed by atoms with van der Waals surface area (Å²) < 4.78 is 0. The van der Waals surface area contributed by atoms with Crippen LogP contribution in [0.4, 0.5) is 10.8 Å². The van der Waals surface area contributed by atoms with Crippen LogP contribution in [-0.4, -0.2) is 28.0 Å². The van der Waals surface area contributed by atoms with E-state index in [0.717, 1.165) is 16.0 Å². The summed E-state index contributed by atoms with van der Waals surface area (Å²) in [5.74, 6) is -0.712. The average molecular weight is 681 g/mol. The first-order chi connectivity index (χ1) is 22.7. The van der Waals surface area contributed by atoms with Crippen LogP contribution in [0.15, 0.2) is 119 Å². The van der Waals surface area contributed by atoms with Gasteiger partial charge in [-0.05, 0) is 66.4 Å². The Kier molecular flexibility index (Phi) is 11.3. The number of nitrogens with one attached hydrogen (secondary N) is 3. The van der Waals surface area contributed by atoms with Crippen LogP contribution in [0.25, 0.3) is 17.3 Å². The predicted molar refractivity (Wildman–Crippen MR) is 194 cm³/mol. The zero-order chi connectivity index (χ0) is 33.3. The minimum atomic E-state index is -0.478. The van der Waals surface area contributed by atoms with Crippen LogP contribution in [0.5, 0.6) is 0 Å². The van der Waals surface area contributed by atoms with Crippen molar-refractivity contribution in [2.45, 2.75) is 36.8 Å². The van der Waals surface area contributed by atoms with Gasteiger partial charge >= 0.3 is 0 Å². The maximum Gasteiger partial charge on any atom is 0.272 e. The molecule has 238 valence electrons. The fourth-order valence-corrected chi connectivity index (χ4v) is 6.39. The molecule has 0 spiro atoms. The Morgan fingerprint density at radius 1 is 0.851 bits per heavy atom. The first-order valence-corrected chi connectivity index (χ1v) is 17.1. The van der Waals surface area contributed by atoms with Crippen molar-refractivity contribution < 1.29 is 14.4 Å². The highest BCUT2D eigenvalue weighted by Crippen LogP contribution is 2.31. The van der Waals surface area contributed by atoms with Crippen LogP contribution >= 0.6 is 34.7 Å². The third-order valence-corrected chi connectivity index (χ3v) is 9.28. The van der Waals surface area contributed by atoms with Gasteiger partial charge in [0.05, 0.1) is 10.9 Å². The van der Waals surface area contributed by atoms with Crippen molar-refractivity contribution in [3.05, 3.63) is 136 Å². The van der Waals surface area contributed by atoms with Gasteiger partial charge in [-0.2, -0.15) is 0 Å². The molecule has 0 bridgehead atoms. The lowest BCUT2D eigenvalue weighted by Gasteiger charge is -2.14. The second-order valence-electron chi connectivity index (χ2n) is 10.9. The Morgan fingerprint density at radius 2 is 1.57 bits per heavy atom. The molecule has 47 heavy (non-hydrogen) atoms. The van der Waals surface area contributed by atoms with E-state index in [1.54, 1.807) is 61.5 Å².